The van der Waals surface area contributed by atoms with Crippen molar-refractivity contribution in [2.24, 2.45) is 0 Å². The molecule has 0 spiro atoms. The van der Waals surface area contributed by atoms with Gasteiger partial charge in [0, 0.05) is 17.3 Å². The summed E-state index contributed by atoms with van der Waals surface area (Å²) in [6, 6.07) is 9.60. The standard InChI is InChI=1S/C22H18ClF2N3O3/c1-13-3-4-16(25)11-19(13)26-20(29)12-31-21(30)10-9-18-14(2)27-28(22(18)23)17-7-5-15(24)6-8-17/h3-11H,12H2,1-2H3,(H,26,29)/b10-9+. The van der Waals surface area contributed by atoms with Crippen LogP contribution in [0.5, 0.6) is 0 Å². The highest BCUT2D eigenvalue weighted by atomic mass is 35.5. The Kier molecular flexibility index (Phi) is 6.81. The fourth-order valence-corrected chi connectivity index (χ4v) is 3.04. The lowest BCUT2D eigenvalue weighted by atomic mass is 10.2. The first-order chi connectivity index (χ1) is 14.7. The third-order valence-electron chi connectivity index (χ3n) is 4.32. The number of carbonyl (C=O) groups excluding carboxylic acids is 2. The molecule has 0 aliphatic carbocycles. The minimum atomic E-state index is -0.767. The second-order valence-electron chi connectivity index (χ2n) is 6.63. The van der Waals surface area contributed by atoms with E-state index in [-0.39, 0.29) is 11.0 Å². The van der Waals surface area contributed by atoms with Gasteiger partial charge in [-0.25, -0.2) is 18.3 Å². The van der Waals surface area contributed by atoms with Crippen molar-refractivity contribution >= 4 is 35.2 Å². The van der Waals surface area contributed by atoms with Crippen LogP contribution in [0, 0.1) is 25.5 Å². The average molecular weight is 446 g/mol. The highest BCUT2D eigenvalue weighted by molar-refractivity contribution is 6.31. The Morgan fingerprint density at radius 1 is 1.13 bits per heavy atom. The molecular weight excluding hydrogens is 428 g/mol. The van der Waals surface area contributed by atoms with Crippen LogP contribution in [-0.4, -0.2) is 28.3 Å². The minimum Gasteiger partial charge on any atom is -0.452 e. The fraction of sp³-hybridized carbons (Fsp3) is 0.136. The predicted molar refractivity (Wildman–Crippen MR) is 113 cm³/mol. The number of hydrogen-bond donors (Lipinski definition) is 1. The molecule has 0 aliphatic rings. The Balaban J connectivity index is 1.62. The third kappa shape index (κ3) is 5.55. The van der Waals surface area contributed by atoms with E-state index in [2.05, 4.69) is 10.4 Å². The van der Waals surface area contributed by atoms with Crippen molar-refractivity contribution in [2.75, 3.05) is 11.9 Å². The summed E-state index contributed by atoms with van der Waals surface area (Å²) < 4.78 is 32.7. The molecule has 31 heavy (non-hydrogen) atoms. The molecule has 0 radical (unpaired) electrons. The van der Waals surface area contributed by atoms with Crippen LogP contribution in [0.3, 0.4) is 0 Å². The van der Waals surface area contributed by atoms with Crippen molar-refractivity contribution in [3.63, 3.8) is 0 Å². The molecule has 1 amide bonds. The Hall–Kier alpha value is -3.52. The van der Waals surface area contributed by atoms with E-state index in [1.807, 2.05) is 0 Å². The van der Waals surface area contributed by atoms with Gasteiger partial charge in [0.1, 0.15) is 16.8 Å². The van der Waals surface area contributed by atoms with Gasteiger partial charge in [0.2, 0.25) is 0 Å². The van der Waals surface area contributed by atoms with Crippen LogP contribution in [0.15, 0.2) is 48.5 Å². The van der Waals surface area contributed by atoms with Crippen molar-refractivity contribution < 1.29 is 23.1 Å². The molecule has 3 aromatic rings. The van der Waals surface area contributed by atoms with Crippen LogP contribution < -0.4 is 5.32 Å². The van der Waals surface area contributed by atoms with E-state index in [1.54, 1.807) is 13.8 Å². The number of nitrogens with zero attached hydrogens (tertiary/aromatic N) is 2. The van der Waals surface area contributed by atoms with Gasteiger partial charge in [0.15, 0.2) is 6.61 Å². The SMILES string of the molecule is Cc1ccc(F)cc1NC(=O)COC(=O)/C=C/c1c(C)nn(-c2ccc(F)cc2)c1Cl. The van der Waals surface area contributed by atoms with Crippen molar-refractivity contribution in [3.8, 4) is 5.69 Å². The summed E-state index contributed by atoms with van der Waals surface area (Å²) in [5, 5.41) is 7.00. The monoisotopic (exact) mass is 445 g/mol. The number of esters is 1. The Morgan fingerprint density at radius 2 is 1.81 bits per heavy atom. The summed E-state index contributed by atoms with van der Waals surface area (Å²) in [5.41, 5.74) is 2.54. The van der Waals surface area contributed by atoms with Crippen LogP contribution in [0.2, 0.25) is 5.15 Å². The Bertz CT molecular complexity index is 1160. The maximum atomic E-state index is 13.3. The average Bonchev–Trinajstić information content (AvgIpc) is 3.01. The molecular formula is C22H18ClF2N3O3. The lowest BCUT2D eigenvalue weighted by molar-refractivity contribution is -0.142. The van der Waals surface area contributed by atoms with E-state index in [0.29, 0.717) is 28.2 Å². The number of amides is 1. The number of carbonyl (C=O) groups is 2. The molecule has 0 aliphatic heterocycles. The summed E-state index contributed by atoms with van der Waals surface area (Å²) >= 11 is 6.34. The van der Waals surface area contributed by atoms with Crippen LogP contribution in [0.1, 0.15) is 16.8 Å². The number of hydrogen-bond acceptors (Lipinski definition) is 4. The van der Waals surface area contributed by atoms with Gasteiger partial charge in [-0.3, -0.25) is 4.79 Å². The molecule has 0 saturated carbocycles. The first kappa shape index (κ1) is 22.2. The number of halogens is 3. The number of rotatable bonds is 6. The van der Waals surface area contributed by atoms with Crippen LogP contribution in [-0.2, 0) is 14.3 Å². The van der Waals surface area contributed by atoms with Crippen molar-refractivity contribution in [2.45, 2.75) is 13.8 Å². The highest BCUT2D eigenvalue weighted by Gasteiger charge is 2.14. The van der Waals surface area contributed by atoms with Gasteiger partial charge in [-0.05, 0) is 61.9 Å². The molecule has 0 unspecified atom stereocenters. The summed E-state index contributed by atoms with van der Waals surface area (Å²) in [7, 11) is 0. The molecule has 6 nitrogen and oxygen atoms in total. The first-order valence-electron chi connectivity index (χ1n) is 9.16. The maximum Gasteiger partial charge on any atom is 0.331 e. The van der Waals surface area contributed by atoms with Gasteiger partial charge in [-0.1, -0.05) is 17.7 Å². The summed E-state index contributed by atoms with van der Waals surface area (Å²) in [4.78, 5) is 23.9. The van der Waals surface area contributed by atoms with Crippen molar-refractivity contribution in [3.05, 3.63) is 82.1 Å². The van der Waals surface area contributed by atoms with E-state index in [0.717, 1.165) is 6.08 Å². The molecule has 2 aromatic carbocycles. The zero-order valence-corrected chi connectivity index (χ0v) is 17.4. The van der Waals surface area contributed by atoms with E-state index < -0.39 is 24.3 Å². The van der Waals surface area contributed by atoms with Gasteiger partial charge >= 0.3 is 5.97 Å². The maximum absolute atomic E-state index is 13.3. The van der Waals surface area contributed by atoms with E-state index in [9.17, 15) is 18.4 Å². The summed E-state index contributed by atoms with van der Waals surface area (Å²) in [6.45, 7) is 2.87. The number of aryl methyl sites for hydroxylation is 2. The lowest BCUT2D eigenvalue weighted by Crippen LogP contribution is -2.20. The normalized spacial score (nSPS) is 11.0. The smallest absolute Gasteiger partial charge is 0.331 e. The largest absolute Gasteiger partial charge is 0.452 e. The van der Waals surface area contributed by atoms with Gasteiger partial charge < -0.3 is 10.1 Å². The second kappa shape index (κ2) is 9.53. The zero-order valence-electron chi connectivity index (χ0n) is 16.7. The predicted octanol–water partition coefficient (Wildman–Crippen LogP) is 4.62. The minimum absolute atomic E-state index is 0.229. The number of aromatic nitrogens is 2. The number of ether oxygens (including phenoxy) is 1. The molecule has 0 bridgehead atoms. The summed E-state index contributed by atoms with van der Waals surface area (Å²) in [5.74, 6) is -2.25. The van der Waals surface area contributed by atoms with Gasteiger partial charge in [0.25, 0.3) is 5.91 Å². The van der Waals surface area contributed by atoms with E-state index in [4.69, 9.17) is 16.3 Å². The van der Waals surface area contributed by atoms with Gasteiger partial charge in [-0.2, -0.15) is 5.10 Å². The molecule has 3 rings (SSSR count). The number of nitrogens with one attached hydrogen (secondary N) is 1. The topological polar surface area (TPSA) is 73.2 Å². The molecule has 160 valence electrons. The van der Waals surface area contributed by atoms with Crippen LogP contribution >= 0.6 is 11.6 Å². The lowest BCUT2D eigenvalue weighted by Gasteiger charge is -2.08. The molecule has 0 saturated heterocycles. The highest BCUT2D eigenvalue weighted by Crippen LogP contribution is 2.25. The van der Waals surface area contributed by atoms with Gasteiger partial charge in [-0.15, -0.1) is 0 Å². The Morgan fingerprint density at radius 3 is 2.52 bits per heavy atom. The van der Waals surface area contributed by atoms with E-state index >= 15 is 0 Å². The van der Waals surface area contributed by atoms with E-state index in [1.165, 1.54) is 53.2 Å². The van der Waals surface area contributed by atoms with Crippen LogP contribution in [0.25, 0.3) is 11.8 Å². The third-order valence-corrected chi connectivity index (χ3v) is 4.69. The number of anilines is 1. The second-order valence-corrected chi connectivity index (χ2v) is 6.98. The fourth-order valence-electron chi connectivity index (χ4n) is 2.71. The molecule has 0 atom stereocenters. The van der Waals surface area contributed by atoms with Crippen molar-refractivity contribution in [1.82, 2.24) is 9.78 Å². The molecule has 1 aromatic heterocycles. The van der Waals surface area contributed by atoms with Crippen LogP contribution in [0.4, 0.5) is 14.5 Å². The molecule has 1 heterocycles. The Labute approximate surface area is 182 Å². The molecule has 9 heteroatoms. The quantitative estimate of drug-likeness (QED) is 0.444. The van der Waals surface area contributed by atoms with Gasteiger partial charge in [0.05, 0.1) is 11.4 Å². The first-order valence-corrected chi connectivity index (χ1v) is 9.54. The van der Waals surface area contributed by atoms with Crippen molar-refractivity contribution in [1.29, 1.82) is 0 Å². The number of benzene rings is 2. The zero-order chi connectivity index (χ0) is 22.5. The molecule has 1 N–H and O–H groups in total. The summed E-state index contributed by atoms with van der Waals surface area (Å²) in [6.07, 6.45) is 2.53. The molecule has 0 fully saturated rings.